The van der Waals surface area contributed by atoms with Crippen molar-refractivity contribution in [2.75, 3.05) is 6.54 Å². The van der Waals surface area contributed by atoms with Crippen LogP contribution >= 0.6 is 0 Å². The summed E-state index contributed by atoms with van der Waals surface area (Å²) in [5.74, 6) is 0.832. The van der Waals surface area contributed by atoms with Crippen molar-refractivity contribution in [2.24, 2.45) is 5.73 Å². The molecule has 126 valence electrons. The molecule has 0 atom stereocenters. The second-order valence-corrected chi connectivity index (χ2v) is 6.43. The highest BCUT2D eigenvalue weighted by atomic mass is 16.5. The molecule has 1 saturated carbocycles. The van der Waals surface area contributed by atoms with Gasteiger partial charge in [0, 0.05) is 6.54 Å². The quantitative estimate of drug-likeness (QED) is 0.823. The van der Waals surface area contributed by atoms with Gasteiger partial charge in [0.1, 0.15) is 12.4 Å². The van der Waals surface area contributed by atoms with Crippen molar-refractivity contribution in [3.63, 3.8) is 0 Å². The van der Waals surface area contributed by atoms with E-state index in [2.05, 4.69) is 5.32 Å². The molecule has 0 aromatic heterocycles. The van der Waals surface area contributed by atoms with E-state index < -0.39 is 5.54 Å². The Hall–Kier alpha value is -2.33. The minimum absolute atomic E-state index is 0.0171. The van der Waals surface area contributed by atoms with Gasteiger partial charge in [0.15, 0.2) is 0 Å². The van der Waals surface area contributed by atoms with E-state index in [0.29, 0.717) is 13.2 Å². The lowest BCUT2D eigenvalue weighted by molar-refractivity contribution is -0.129. The number of benzene rings is 2. The molecule has 1 aliphatic rings. The summed E-state index contributed by atoms with van der Waals surface area (Å²) in [5, 5.41) is 2.94. The summed E-state index contributed by atoms with van der Waals surface area (Å²) in [7, 11) is 0. The van der Waals surface area contributed by atoms with Crippen LogP contribution in [0, 0.1) is 0 Å². The summed E-state index contributed by atoms with van der Waals surface area (Å²) < 4.78 is 5.77. The molecular weight excluding hydrogens is 300 g/mol. The summed E-state index contributed by atoms with van der Waals surface area (Å²) in [5.41, 5.74) is 7.70. The zero-order valence-electron chi connectivity index (χ0n) is 13.8. The van der Waals surface area contributed by atoms with Crippen molar-refractivity contribution < 1.29 is 9.53 Å². The number of hydrogen-bond acceptors (Lipinski definition) is 3. The number of amides is 1. The van der Waals surface area contributed by atoms with E-state index in [0.717, 1.165) is 37.0 Å². The molecule has 2 aromatic carbocycles. The monoisotopic (exact) mass is 324 g/mol. The van der Waals surface area contributed by atoms with E-state index in [1.165, 1.54) is 5.56 Å². The average Bonchev–Trinajstić information content (AvgIpc) is 2.59. The van der Waals surface area contributed by atoms with Gasteiger partial charge in [-0.05, 0) is 48.9 Å². The van der Waals surface area contributed by atoms with Gasteiger partial charge in [0.05, 0.1) is 5.54 Å². The normalized spacial score (nSPS) is 15.4. The fourth-order valence-corrected chi connectivity index (χ4v) is 2.77. The number of carbonyl (C=O) groups excluding carboxylic acids is 1. The van der Waals surface area contributed by atoms with E-state index in [4.69, 9.17) is 10.5 Å². The minimum atomic E-state index is -0.616. The highest BCUT2D eigenvalue weighted by Gasteiger charge is 2.39. The van der Waals surface area contributed by atoms with Crippen LogP contribution in [0.15, 0.2) is 54.6 Å². The molecule has 0 radical (unpaired) electrons. The van der Waals surface area contributed by atoms with Gasteiger partial charge in [-0.25, -0.2) is 0 Å². The van der Waals surface area contributed by atoms with Crippen LogP contribution in [-0.4, -0.2) is 18.0 Å². The van der Waals surface area contributed by atoms with Crippen LogP contribution in [0.25, 0.3) is 0 Å². The van der Waals surface area contributed by atoms with Crippen LogP contribution in [0.2, 0.25) is 0 Å². The summed E-state index contributed by atoms with van der Waals surface area (Å²) in [6.45, 7) is 1.18. The first-order valence-electron chi connectivity index (χ1n) is 8.49. The van der Waals surface area contributed by atoms with Crippen molar-refractivity contribution in [3.05, 3.63) is 65.7 Å². The van der Waals surface area contributed by atoms with Gasteiger partial charge in [-0.15, -0.1) is 0 Å². The molecule has 0 bridgehead atoms. The molecule has 3 rings (SSSR count). The van der Waals surface area contributed by atoms with E-state index >= 15 is 0 Å². The van der Waals surface area contributed by atoms with E-state index in [-0.39, 0.29) is 5.91 Å². The first-order chi connectivity index (χ1) is 11.7. The number of ether oxygens (including phenoxy) is 1. The van der Waals surface area contributed by atoms with Crippen molar-refractivity contribution in [1.82, 2.24) is 5.32 Å². The smallest absolute Gasteiger partial charge is 0.240 e. The van der Waals surface area contributed by atoms with Gasteiger partial charge in [-0.1, -0.05) is 42.5 Å². The van der Waals surface area contributed by atoms with Crippen LogP contribution in [0.4, 0.5) is 0 Å². The van der Waals surface area contributed by atoms with Crippen molar-refractivity contribution in [1.29, 1.82) is 0 Å². The molecule has 0 spiro atoms. The molecule has 1 aliphatic carbocycles. The van der Waals surface area contributed by atoms with E-state index in [1.54, 1.807) is 0 Å². The van der Waals surface area contributed by atoms with Gasteiger partial charge < -0.3 is 15.8 Å². The third-order valence-corrected chi connectivity index (χ3v) is 4.57. The Balaban J connectivity index is 1.42. The molecule has 1 amide bonds. The second kappa shape index (κ2) is 7.49. The molecule has 4 heteroatoms. The lowest BCUT2D eigenvalue weighted by Crippen LogP contribution is -2.58. The van der Waals surface area contributed by atoms with Crippen LogP contribution in [0.5, 0.6) is 5.75 Å². The average molecular weight is 324 g/mol. The third kappa shape index (κ3) is 4.15. The number of hydrogen-bond donors (Lipinski definition) is 2. The predicted octanol–water partition coefficient (Wildman–Crippen LogP) is 2.81. The lowest BCUT2D eigenvalue weighted by Gasteiger charge is -2.36. The summed E-state index contributed by atoms with van der Waals surface area (Å²) in [6.07, 6.45) is 3.44. The van der Waals surface area contributed by atoms with Gasteiger partial charge in [0.25, 0.3) is 0 Å². The van der Waals surface area contributed by atoms with Gasteiger partial charge in [0.2, 0.25) is 5.91 Å². The lowest BCUT2D eigenvalue weighted by atomic mass is 9.77. The first kappa shape index (κ1) is 16.5. The largest absolute Gasteiger partial charge is 0.489 e. The number of rotatable bonds is 7. The molecular formula is C20H24N2O2. The molecule has 1 fully saturated rings. The molecule has 24 heavy (non-hydrogen) atoms. The Kier molecular flexibility index (Phi) is 5.16. The maximum absolute atomic E-state index is 12.0. The maximum Gasteiger partial charge on any atom is 0.240 e. The van der Waals surface area contributed by atoms with Gasteiger partial charge in [-0.3, -0.25) is 4.79 Å². The Bertz CT molecular complexity index is 664. The van der Waals surface area contributed by atoms with Crippen LogP contribution in [0.3, 0.4) is 0 Å². The standard InChI is InChI=1S/C20H24N2O2/c21-20(12-4-13-20)19(23)22-14-11-16-7-9-18(10-8-16)24-15-17-5-2-1-3-6-17/h1-3,5-10H,4,11-15,21H2,(H,22,23). The fourth-order valence-electron chi connectivity index (χ4n) is 2.77. The summed E-state index contributed by atoms with van der Waals surface area (Å²) in [6, 6.07) is 18.1. The second-order valence-electron chi connectivity index (χ2n) is 6.43. The number of nitrogens with one attached hydrogen (secondary N) is 1. The van der Waals surface area contributed by atoms with Crippen LogP contribution in [0.1, 0.15) is 30.4 Å². The van der Waals surface area contributed by atoms with E-state index in [9.17, 15) is 4.79 Å². The maximum atomic E-state index is 12.0. The van der Waals surface area contributed by atoms with Crippen molar-refractivity contribution in [3.8, 4) is 5.75 Å². The van der Waals surface area contributed by atoms with Crippen molar-refractivity contribution >= 4 is 5.91 Å². The van der Waals surface area contributed by atoms with Crippen LogP contribution < -0.4 is 15.8 Å². The summed E-state index contributed by atoms with van der Waals surface area (Å²) in [4.78, 5) is 12.0. The molecule has 4 nitrogen and oxygen atoms in total. The Morgan fingerprint density at radius 2 is 1.75 bits per heavy atom. The van der Waals surface area contributed by atoms with E-state index in [1.807, 2.05) is 54.6 Å². The summed E-state index contributed by atoms with van der Waals surface area (Å²) >= 11 is 0. The molecule has 0 saturated heterocycles. The van der Waals surface area contributed by atoms with Crippen LogP contribution in [-0.2, 0) is 17.8 Å². The zero-order valence-corrected chi connectivity index (χ0v) is 13.8. The minimum Gasteiger partial charge on any atom is -0.489 e. The molecule has 2 aromatic rings. The number of carbonyl (C=O) groups is 1. The molecule has 0 heterocycles. The topological polar surface area (TPSA) is 64.4 Å². The Morgan fingerprint density at radius 3 is 2.38 bits per heavy atom. The highest BCUT2D eigenvalue weighted by molar-refractivity contribution is 5.86. The first-order valence-corrected chi connectivity index (χ1v) is 8.49. The molecule has 0 aliphatic heterocycles. The SMILES string of the molecule is NC1(C(=O)NCCc2ccc(OCc3ccccc3)cc2)CCC1. The van der Waals surface area contributed by atoms with Gasteiger partial charge in [-0.2, -0.15) is 0 Å². The van der Waals surface area contributed by atoms with Gasteiger partial charge >= 0.3 is 0 Å². The fraction of sp³-hybridized carbons (Fsp3) is 0.350. The highest BCUT2D eigenvalue weighted by Crippen LogP contribution is 2.28. The predicted molar refractivity (Wildman–Crippen MR) is 94.7 cm³/mol. The Labute approximate surface area is 143 Å². The van der Waals surface area contributed by atoms with Crippen molar-refractivity contribution in [2.45, 2.75) is 37.8 Å². The molecule has 0 unspecified atom stereocenters. The zero-order chi connectivity index (χ0) is 16.8. The third-order valence-electron chi connectivity index (χ3n) is 4.57. The number of nitrogens with two attached hydrogens (primary N) is 1. The molecule has 3 N–H and O–H groups in total. The Morgan fingerprint density at radius 1 is 1.04 bits per heavy atom.